The van der Waals surface area contributed by atoms with Gasteiger partial charge in [-0.25, -0.2) is 0 Å². The van der Waals surface area contributed by atoms with Gasteiger partial charge in [0.05, 0.1) is 13.2 Å². The van der Waals surface area contributed by atoms with Gasteiger partial charge in [-0.05, 0) is 18.6 Å². The molecule has 0 aliphatic heterocycles. The van der Waals surface area contributed by atoms with Crippen LogP contribution in [0.25, 0.3) is 0 Å². The zero-order valence-electron chi connectivity index (χ0n) is 9.17. The highest BCUT2D eigenvalue weighted by atomic mass is 35.5. The molecule has 1 unspecified atom stereocenters. The number of quaternary nitrogens is 1. The zero-order chi connectivity index (χ0) is 11.1. The van der Waals surface area contributed by atoms with Crippen molar-refractivity contribution < 1.29 is 10.0 Å². The monoisotopic (exact) mass is 228 g/mol. The molecule has 0 saturated heterocycles. The Morgan fingerprint density at radius 2 is 2.13 bits per heavy atom. The van der Waals surface area contributed by atoms with Crippen LogP contribution in [0, 0.1) is 0 Å². The van der Waals surface area contributed by atoms with Crippen molar-refractivity contribution in [2.75, 3.05) is 19.7 Å². The summed E-state index contributed by atoms with van der Waals surface area (Å²) in [6.07, 6.45) is 1.13. The Bertz CT molecular complexity index is 285. The predicted molar refractivity (Wildman–Crippen MR) is 63.2 cm³/mol. The van der Waals surface area contributed by atoms with Gasteiger partial charge in [0.25, 0.3) is 0 Å². The Balaban J connectivity index is 2.56. The summed E-state index contributed by atoms with van der Waals surface area (Å²) in [5, 5.41) is 9.73. The molecule has 0 saturated carbocycles. The maximum Gasteiger partial charge on any atom is 0.103 e. The lowest BCUT2D eigenvalue weighted by atomic mass is 10.2. The van der Waals surface area contributed by atoms with Crippen molar-refractivity contribution in [3.05, 3.63) is 34.9 Å². The molecule has 2 nitrogen and oxygen atoms in total. The molecule has 0 fully saturated rings. The standard InChI is InChI=1S/C12H18ClNO/c1-2-6-14(7-8-15)10-11-4-3-5-12(13)9-11/h3-5,9,15H,2,6-8,10H2,1H3/p+1. The van der Waals surface area contributed by atoms with Gasteiger partial charge >= 0.3 is 0 Å². The van der Waals surface area contributed by atoms with Gasteiger partial charge in [0.2, 0.25) is 0 Å². The second-order valence-corrected chi connectivity index (χ2v) is 4.22. The fourth-order valence-corrected chi connectivity index (χ4v) is 1.96. The van der Waals surface area contributed by atoms with E-state index in [0.717, 1.165) is 31.1 Å². The summed E-state index contributed by atoms with van der Waals surface area (Å²) in [6.45, 7) is 5.24. The van der Waals surface area contributed by atoms with E-state index in [4.69, 9.17) is 16.7 Å². The van der Waals surface area contributed by atoms with E-state index in [0.29, 0.717) is 0 Å². The van der Waals surface area contributed by atoms with Crippen LogP contribution in [0.5, 0.6) is 0 Å². The minimum atomic E-state index is 0.246. The summed E-state index contributed by atoms with van der Waals surface area (Å²) < 4.78 is 0. The Morgan fingerprint density at radius 3 is 2.73 bits per heavy atom. The van der Waals surface area contributed by atoms with Crippen LogP contribution in [0.3, 0.4) is 0 Å². The zero-order valence-corrected chi connectivity index (χ0v) is 9.93. The van der Waals surface area contributed by atoms with E-state index in [1.165, 1.54) is 10.5 Å². The number of rotatable bonds is 6. The molecular formula is C12H19ClNO+. The van der Waals surface area contributed by atoms with Gasteiger partial charge in [-0.2, -0.15) is 0 Å². The van der Waals surface area contributed by atoms with Crippen LogP contribution < -0.4 is 4.90 Å². The lowest BCUT2D eigenvalue weighted by Gasteiger charge is -2.17. The van der Waals surface area contributed by atoms with E-state index < -0.39 is 0 Å². The Kier molecular flexibility index (Phi) is 5.69. The highest BCUT2D eigenvalue weighted by Gasteiger charge is 2.07. The first-order valence-corrected chi connectivity index (χ1v) is 5.83. The van der Waals surface area contributed by atoms with Crippen LogP contribution in [0.4, 0.5) is 0 Å². The molecule has 1 rings (SSSR count). The molecule has 0 amide bonds. The molecule has 1 atom stereocenters. The van der Waals surface area contributed by atoms with Gasteiger partial charge in [-0.15, -0.1) is 0 Å². The second kappa shape index (κ2) is 6.83. The van der Waals surface area contributed by atoms with Crippen LogP contribution in [0.1, 0.15) is 18.9 Å². The topological polar surface area (TPSA) is 24.7 Å². The van der Waals surface area contributed by atoms with Gasteiger partial charge in [-0.1, -0.05) is 30.7 Å². The molecule has 3 heteroatoms. The third-order valence-electron chi connectivity index (χ3n) is 2.41. The molecule has 15 heavy (non-hydrogen) atoms. The molecule has 0 spiro atoms. The average Bonchev–Trinajstić information content (AvgIpc) is 2.18. The van der Waals surface area contributed by atoms with E-state index in [1.807, 2.05) is 18.2 Å². The summed E-state index contributed by atoms with van der Waals surface area (Å²) in [6, 6.07) is 7.93. The molecule has 2 N–H and O–H groups in total. The summed E-state index contributed by atoms with van der Waals surface area (Å²) in [7, 11) is 0. The number of aliphatic hydroxyl groups is 1. The molecule has 1 aromatic rings. The number of hydrogen-bond donors (Lipinski definition) is 2. The fourth-order valence-electron chi connectivity index (χ4n) is 1.75. The molecule has 0 radical (unpaired) electrons. The van der Waals surface area contributed by atoms with Crippen LogP contribution >= 0.6 is 11.6 Å². The summed E-state index contributed by atoms with van der Waals surface area (Å²) in [4.78, 5) is 1.40. The summed E-state index contributed by atoms with van der Waals surface area (Å²) >= 11 is 5.92. The number of aliphatic hydroxyl groups excluding tert-OH is 1. The highest BCUT2D eigenvalue weighted by Crippen LogP contribution is 2.09. The number of nitrogens with one attached hydrogen (secondary N) is 1. The average molecular weight is 229 g/mol. The Hall–Kier alpha value is -0.570. The molecule has 0 aliphatic carbocycles. The van der Waals surface area contributed by atoms with Crippen molar-refractivity contribution in [2.45, 2.75) is 19.9 Å². The molecule has 1 aromatic carbocycles. The fraction of sp³-hybridized carbons (Fsp3) is 0.500. The first-order valence-electron chi connectivity index (χ1n) is 5.45. The van der Waals surface area contributed by atoms with Crippen molar-refractivity contribution in [3.63, 3.8) is 0 Å². The molecular weight excluding hydrogens is 210 g/mol. The van der Waals surface area contributed by atoms with Crippen molar-refractivity contribution in [1.82, 2.24) is 0 Å². The maximum absolute atomic E-state index is 8.95. The quantitative estimate of drug-likeness (QED) is 0.750. The van der Waals surface area contributed by atoms with Crippen molar-refractivity contribution in [2.24, 2.45) is 0 Å². The van der Waals surface area contributed by atoms with E-state index >= 15 is 0 Å². The van der Waals surface area contributed by atoms with Crippen LogP contribution in [0.2, 0.25) is 5.02 Å². The summed E-state index contributed by atoms with van der Waals surface area (Å²) in [5.74, 6) is 0. The van der Waals surface area contributed by atoms with E-state index in [-0.39, 0.29) is 6.61 Å². The van der Waals surface area contributed by atoms with Crippen LogP contribution in [0.15, 0.2) is 24.3 Å². The lowest BCUT2D eigenvalue weighted by Crippen LogP contribution is -3.11. The van der Waals surface area contributed by atoms with Gasteiger partial charge in [0.1, 0.15) is 13.1 Å². The smallest absolute Gasteiger partial charge is 0.103 e. The SMILES string of the molecule is CCC[NH+](CCO)Cc1cccc(Cl)c1. The van der Waals surface area contributed by atoms with Crippen molar-refractivity contribution in [1.29, 1.82) is 0 Å². The number of hydrogen-bond acceptors (Lipinski definition) is 1. The summed E-state index contributed by atoms with van der Waals surface area (Å²) in [5.41, 5.74) is 1.24. The highest BCUT2D eigenvalue weighted by molar-refractivity contribution is 6.30. The molecule has 0 heterocycles. The first kappa shape index (κ1) is 12.5. The minimum Gasteiger partial charge on any atom is -0.391 e. The normalized spacial score (nSPS) is 12.7. The van der Waals surface area contributed by atoms with Crippen molar-refractivity contribution in [3.8, 4) is 0 Å². The predicted octanol–water partition coefficient (Wildman–Crippen LogP) is 1.13. The van der Waals surface area contributed by atoms with Crippen LogP contribution in [-0.2, 0) is 6.54 Å². The Morgan fingerprint density at radius 1 is 1.33 bits per heavy atom. The third-order valence-corrected chi connectivity index (χ3v) is 2.65. The molecule has 0 aromatic heterocycles. The largest absolute Gasteiger partial charge is 0.391 e. The van der Waals surface area contributed by atoms with Gasteiger partial charge < -0.3 is 10.0 Å². The number of benzene rings is 1. The first-order chi connectivity index (χ1) is 7.26. The molecule has 84 valence electrons. The molecule has 0 aliphatic rings. The number of halogens is 1. The molecule has 0 bridgehead atoms. The van der Waals surface area contributed by atoms with E-state index in [1.54, 1.807) is 0 Å². The van der Waals surface area contributed by atoms with E-state index in [2.05, 4.69) is 13.0 Å². The van der Waals surface area contributed by atoms with Gasteiger partial charge in [0, 0.05) is 10.6 Å². The lowest BCUT2D eigenvalue weighted by molar-refractivity contribution is -0.914. The third kappa shape index (κ3) is 4.65. The van der Waals surface area contributed by atoms with Gasteiger partial charge in [0.15, 0.2) is 0 Å². The van der Waals surface area contributed by atoms with Crippen LogP contribution in [-0.4, -0.2) is 24.8 Å². The Labute approximate surface area is 96.5 Å². The minimum absolute atomic E-state index is 0.246. The second-order valence-electron chi connectivity index (χ2n) is 3.78. The van der Waals surface area contributed by atoms with Gasteiger partial charge in [-0.3, -0.25) is 0 Å². The maximum atomic E-state index is 8.95. The van der Waals surface area contributed by atoms with Crippen molar-refractivity contribution >= 4 is 11.6 Å². The van der Waals surface area contributed by atoms with E-state index in [9.17, 15) is 0 Å².